The lowest BCUT2D eigenvalue weighted by Gasteiger charge is -2.27. The molecule has 1 heterocycles. The van der Waals surface area contributed by atoms with Crippen LogP contribution in [0.1, 0.15) is 24.4 Å². The summed E-state index contributed by atoms with van der Waals surface area (Å²) in [5.41, 5.74) is 2.43. The van der Waals surface area contributed by atoms with Gasteiger partial charge in [-0.3, -0.25) is 4.79 Å². The summed E-state index contributed by atoms with van der Waals surface area (Å²) >= 11 is 1.65. The minimum absolute atomic E-state index is 0.176. The lowest BCUT2D eigenvalue weighted by Crippen LogP contribution is -2.37. The molecule has 5 heteroatoms. The molecule has 0 spiro atoms. The Morgan fingerprint density at radius 2 is 2.24 bits per heavy atom. The second-order valence-corrected chi connectivity index (χ2v) is 5.85. The largest absolute Gasteiger partial charge is 0.469 e. The number of thiazole rings is 1. The molecule has 0 N–H and O–H groups in total. The third kappa shape index (κ3) is 3.78. The van der Waals surface area contributed by atoms with Gasteiger partial charge in [-0.1, -0.05) is 0 Å². The molecular weight excluding hydrogens is 236 g/mol. The molecule has 96 valence electrons. The zero-order valence-electron chi connectivity index (χ0n) is 11.1. The van der Waals surface area contributed by atoms with E-state index in [1.807, 2.05) is 33.3 Å². The van der Waals surface area contributed by atoms with Crippen LogP contribution in [0, 0.1) is 12.3 Å². The molecule has 0 unspecified atom stereocenters. The molecule has 4 nitrogen and oxygen atoms in total. The van der Waals surface area contributed by atoms with Crippen LogP contribution < -0.4 is 0 Å². The standard InChI is InChI=1S/C12H20N2O2S/c1-9-10(17-8-13-9)6-14(4)7-12(2,3)11(15)16-5/h8H,6-7H2,1-5H3. The van der Waals surface area contributed by atoms with E-state index in [1.165, 1.54) is 12.0 Å². The van der Waals surface area contributed by atoms with E-state index in [1.54, 1.807) is 11.3 Å². The molecular formula is C12H20N2O2S. The molecule has 1 rings (SSSR count). The maximum absolute atomic E-state index is 11.6. The van der Waals surface area contributed by atoms with Crippen LogP contribution in [0.25, 0.3) is 0 Å². The summed E-state index contributed by atoms with van der Waals surface area (Å²) in [4.78, 5) is 19.2. The van der Waals surface area contributed by atoms with Crippen LogP contribution in [-0.4, -0.2) is 36.6 Å². The maximum Gasteiger partial charge on any atom is 0.312 e. The third-order valence-electron chi connectivity index (χ3n) is 2.66. The van der Waals surface area contributed by atoms with Gasteiger partial charge in [0.15, 0.2) is 0 Å². The highest BCUT2D eigenvalue weighted by Crippen LogP contribution is 2.21. The molecule has 17 heavy (non-hydrogen) atoms. The number of aromatic nitrogens is 1. The monoisotopic (exact) mass is 256 g/mol. The number of esters is 1. The molecule has 0 aliphatic heterocycles. The van der Waals surface area contributed by atoms with Crippen LogP contribution in [-0.2, 0) is 16.1 Å². The number of aryl methyl sites for hydroxylation is 1. The Morgan fingerprint density at radius 3 is 2.71 bits per heavy atom. The maximum atomic E-state index is 11.6. The van der Waals surface area contributed by atoms with Crippen molar-refractivity contribution in [3.63, 3.8) is 0 Å². The van der Waals surface area contributed by atoms with Crippen LogP contribution >= 0.6 is 11.3 Å². The molecule has 1 aromatic heterocycles. The molecule has 0 radical (unpaired) electrons. The predicted octanol–water partition coefficient (Wildman–Crippen LogP) is 2.08. The highest BCUT2D eigenvalue weighted by molar-refractivity contribution is 7.09. The number of nitrogens with zero attached hydrogens (tertiary/aromatic N) is 2. The van der Waals surface area contributed by atoms with E-state index in [-0.39, 0.29) is 5.97 Å². The second kappa shape index (κ2) is 5.60. The van der Waals surface area contributed by atoms with Crippen molar-refractivity contribution in [2.24, 2.45) is 5.41 Å². The Hall–Kier alpha value is -0.940. The molecule has 1 aromatic rings. The summed E-state index contributed by atoms with van der Waals surface area (Å²) in [5.74, 6) is -0.176. The first kappa shape index (κ1) is 14.1. The van der Waals surface area contributed by atoms with Gasteiger partial charge >= 0.3 is 5.97 Å². The molecule has 0 saturated heterocycles. The quantitative estimate of drug-likeness (QED) is 0.757. The van der Waals surface area contributed by atoms with Gasteiger partial charge in [-0.2, -0.15) is 0 Å². The topological polar surface area (TPSA) is 42.4 Å². The molecule has 0 amide bonds. The number of rotatable bonds is 5. The van der Waals surface area contributed by atoms with E-state index in [2.05, 4.69) is 9.88 Å². The smallest absolute Gasteiger partial charge is 0.312 e. The highest BCUT2D eigenvalue weighted by atomic mass is 32.1. The first-order chi connectivity index (χ1) is 7.86. The Bertz CT molecular complexity index is 388. The summed E-state index contributed by atoms with van der Waals surface area (Å²) in [5, 5.41) is 0. The number of ether oxygens (including phenoxy) is 1. The van der Waals surface area contributed by atoms with Gasteiger partial charge in [0.25, 0.3) is 0 Å². The number of methoxy groups -OCH3 is 1. The average molecular weight is 256 g/mol. The minimum atomic E-state index is -0.484. The van der Waals surface area contributed by atoms with Crippen molar-refractivity contribution in [3.8, 4) is 0 Å². The molecule has 0 aliphatic rings. The Kier molecular flexibility index (Phi) is 4.65. The zero-order valence-corrected chi connectivity index (χ0v) is 11.9. The first-order valence-electron chi connectivity index (χ1n) is 5.52. The molecule has 0 fully saturated rings. The summed E-state index contributed by atoms with van der Waals surface area (Å²) in [6, 6.07) is 0. The van der Waals surface area contributed by atoms with Crippen molar-refractivity contribution >= 4 is 17.3 Å². The molecule has 0 aromatic carbocycles. The van der Waals surface area contributed by atoms with E-state index in [4.69, 9.17) is 4.74 Å². The minimum Gasteiger partial charge on any atom is -0.469 e. The number of hydrogen-bond acceptors (Lipinski definition) is 5. The summed E-state index contributed by atoms with van der Waals surface area (Å²) < 4.78 is 4.80. The van der Waals surface area contributed by atoms with Crippen LogP contribution in [0.15, 0.2) is 5.51 Å². The van der Waals surface area contributed by atoms with Gasteiger partial charge < -0.3 is 9.64 Å². The van der Waals surface area contributed by atoms with Gasteiger partial charge in [-0.05, 0) is 27.8 Å². The van der Waals surface area contributed by atoms with E-state index in [9.17, 15) is 4.79 Å². The molecule has 0 bridgehead atoms. The Labute approximate surface area is 107 Å². The van der Waals surface area contributed by atoms with E-state index in [0.717, 1.165) is 12.2 Å². The van der Waals surface area contributed by atoms with Crippen LogP contribution in [0.3, 0.4) is 0 Å². The number of hydrogen-bond donors (Lipinski definition) is 0. The zero-order chi connectivity index (χ0) is 13.1. The average Bonchev–Trinajstić information content (AvgIpc) is 2.62. The van der Waals surface area contributed by atoms with Crippen molar-refractivity contribution in [2.75, 3.05) is 20.7 Å². The predicted molar refractivity (Wildman–Crippen MR) is 69.0 cm³/mol. The second-order valence-electron chi connectivity index (χ2n) is 4.91. The third-order valence-corrected chi connectivity index (χ3v) is 3.58. The van der Waals surface area contributed by atoms with E-state index >= 15 is 0 Å². The van der Waals surface area contributed by atoms with E-state index in [0.29, 0.717) is 6.54 Å². The van der Waals surface area contributed by atoms with Crippen molar-refractivity contribution in [2.45, 2.75) is 27.3 Å². The van der Waals surface area contributed by atoms with Crippen LogP contribution in [0.5, 0.6) is 0 Å². The summed E-state index contributed by atoms with van der Waals surface area (Å²) in [6.07, 6.45) is 0. The highest BCUT2D eigenvalue weighted by Gasteiger charge is 2.30. The first-order valence-corrected chi connectivity index (χ1v) is 6.40. The van der Waals surface area contributed by atoms with Gasteiger partial charge in [0.05, 0.1) is 23.7 Å². The molecule has 0 aliphatic carbocycles. The van der Waals surface area contributed by atoms with Gasteiger partial charge in [-0.15, -0.1) is 11.3 Å². The van der Waals surface area contributed by atoms with Crippen molar-refractivity contribution in [3.05, 3.63) is 16.1 Å². The van der Waals surface area contributed by atoms with Crippen LogP contribution in [0.4, 0.5) is 0 Å². The summed E-state index contributed by atoms with van der Waals surface area (Å²) in [7, 11) is 3.43. The van der Waals surface area contributed by atoms with Crippen molar-refractivity contribution in [1.82, 2.24) is 9.88 Å². The SMILES string of the molecule is COC(=O)C(C)(C)CN(C)Cc1scnc1C. The van der Waals surface area contributed by atoms with Gasteiger partial charge in [-0.25, -0.2) is 4.98 Å². The lowest BCUT2D eigenvalue weighted by molar-refractivity contribution is -0.151. The summed E-state index contributed by atoms with van der Waals surface area (Å²) in [6.45, 7) is 7.28. The van der Waals surface area contributed by atoms with Crippen molar-refractivity contribution < 1.29 is 9.53 Å². The lowest BCUT2D eigenvalue weighted by atomic mass is 9.93. The fourth-order valence-electron chi connectivity index (χ4n) is 1.79. The molecule has 0 atom stereocenters. The Morgan fingerprint density at radius 1 is 1.59 bits per heavy atom. The van der Waals surface area contributed by atoms with E-state index < -0.39 is 5.41 Å². The van der Waals surface area contributed by atoms with Gasteiger partial charge in [0.1, 0.15) is 0 Å². The van der Waals surface area contributed by atoms with Gasteiger partial charge in [0.2, 0.25) is 0 Å². The Balaban J connectivity index is 2.58. The fraction of sp³-hybridized carbons (Fsp3) is 0.667. The van der Waals surface area contributed by atoms with Gasteiger partial charge in [0, 0.05) is 18.0 Å². The number of carbonyl (C=O) groups excluding carboxylic acids is 1. The fourth-order valence-corrected chi connectivity index (χ4v) is 2.65. The molecule has 0 saturated carbocycles. The van der Waals surface area contributed by atoms with Crippen molar-refractivity contribution in [1.29, 1.82) is 0 Å². The normalized spacial score (nSPS) is 11.9. The van der Waals surface area contributed by atoms with Crippen LogP contribution in [0.2, 0.25) is 0 Å². The number of carbonyl (C=O) groups is 1.